The quantitative estimate of drug-likeness (QED) is 0.773. The van der Waals surface area contributed by atoms with Crippen LogP contribution in [0.15, 0.2) is 24.4 Å². The first-order chi connectivity index (χ1) is 7.35. The van der Waals surface area contributed by atoms with E-state index in [9.17, 15) is 0 Å². The third kappa shape index (κ3) is 1.88. The molecule has 0 spiro atoms. The fourth-order valence-electron chi connectivity index (χ4n) is 1.28. The molecule has 0 aromatic carbocycles. The van der Waals surface area contributed by atoms with Crippen molar-refractivity contribution in [2.24, 2.45) is 0 Å². The van der Waals surface area contributed by atoms with Gasteiger partial charge in [0.15, 0.2) is 5.69 Å². The summed E-state index contributed by atoms with van der Waals surface area (Å²) < 4.78 is 0. The molecule has 0 amide bonds. The van der Waals surface area contributed by atoms with Gasteiger partial charge in [0.05, 0.1) is 5.69 Å². The topological polar surface area (TPSA) is 49.6 Å². The summed E-state index contributed by atoms with van der Waals surface area (Å²) in [5, 5.41) is 9.71. The van der Waals surface area contributed by atoms with E-state index in [1.165, 1.54) is 0 Å². The lowest BCUT2D eigenvalue weighted by molar-refractivity contribution is 1.14. The van der Waals surface area contributed by atoms with Gasteiger partial charge in [-0.05, 0) is 18.6 Å². The lowest BCUT2D eigenvalue weighted by Gasteiger charge is -1.91. The Morgan fingerprint density at radius 3 is 2.87 bits per heavy atom. The smallest absolute Gasteiger partial charge is 0.155 e. The van der Waals surface area contributed by atoms with E-state index in [-0.39, 0.29) is 0 Å². The highest BCUT2D eigenvalue weighted by atomic mass is 32.1. The summed E-state index contributed by atoms with van der Waals surface area (Å²) in [7, 11) is 0. The Balaban J connectivity index is 2.48. The maximum Gasteiger partial charge on any atom is 0.155 e. The molecule has 0 saturated heterocycles. The van der Waals surface area contributed by atoms with Crippen LogP contribution < -0.4 is 0 Å². The van der Waals surface area contributed by atoms with Crippen LogP contribution in [0.25, 0.3) is 10.7 Å². The Hall–Kier alpha value is -1.73. The molecule has 0 aliphatic heterocycles. The molecule has 0 saturated carbocycles. The van der Waals surface area contributed by atoms with E-state index in [4.69, 9.17) is 5.26 Å². The van der Waals surface area contributed by atoms with Gasteiger partial charge >= 0.3 is 0 Å². The number of nitriles is 1. The first-order valence-corrected chi connectivity index (χ1v) is 5.48. The molecule has 15 heavy (non-hydrogen) atoms. The molecule has 74 valence electrons. The Morgan fingerprint density at radius 1 is 1.47 bits per heavy atom. The summed E-state index contributed by atoms with van der Waals surface area (Å²) in [5.41, 5.74) is 1.36. The first-order valence-electron chi connectivity index (χ1n) is 4.66. The molecule has 3 nitrogen and oxygen atoms in total. The van der Waals surface area contributed by atoms with Gasteiger partial charge in [-0.25, -0.2) is 4.98 Å². The molecule has 2 heterocycles. The standard InChI is InChI=1S/C11H9N3S/c1-2-10-9(7-12)14-11(15-10)8-5-3-4-6-13-8/h3-6H,2H2,1H3. The average Bonchev–Trinajstić information content (AvgIpc) is 2.73. The monoisotopic (exact) mass is 215 g/mol. The van der Waals surface area contributed by atoms with E-state index < -0.39 is 0 Å². The zero-order chi connectivity index (χ0) is 10.7. The molecule has 0 radical (unpaired) electrons. The molecule has 0 unspecified atom stereocenters. The molecule has 0 fully saturated rings. The number of rotatable bonds is 2. The third-order valence-electron chi connectivity index (χ3n) is 2.01. The number of aromatic nitrogens is 2. The highest BCUT2D eigenvalue weighted by Gasteiger charge is 2.10. The van der Waals surface area contributed by atoms with Crippen molar-refractivity contribution in [3.63, 3.8) is 0 Å². The predicted octanol–water partition coefficient (Wildman–Crippen LogP) is 2.64. The number of hydrogen-bond donors (Lipinski definition) is 0. The summed E-state index contributed by atoms with van der Waals surface area (Å²) in [6.07, 6.45) is 2.57. The SMILES string of the molecule is CCc1sc(-c2ccccn2)nc1C#N. The maximum absolute atomic E-state index is 8.88. The normalized spacial score (nSPS) is 9.87. The fourth-order valence-corrected chi connectivity index (χ4v) is 2.21. The van der Waals surface area contributed by atoms with Gasteiger partial charge in [-0.3, -0.25) is 4.98 Å². The van der Waals surface area contributed by atoms with Crippen molar-refractivity contribution in [3.8, 4) is 16.8 Å². The number of nitrogens with zero attached hydrogens (tertiary/aromatic N) is 3. The number of hydrogen-bond acceptors (Lipinski definition) is 4. The summed E-state index contributed by atoms with van der Waals surface area (Å²) >= 11 is 1.54. The van der Waals surface area contributed by atoms with Crippen molar-refractivity contribution < 1.29 is 0 Å². The second kappa shape index (κ2) is 4.20. The van der Waals surface area contributed by atoms with Crippen LogP contribution in [0.3, 0.4) is 0 Å². The highest BCUT2D eigenvalue weighted by Crippen LogP contribution is 2.26. The van der Waals surface area contributed by atoms with E-state index in [2.05, 4.69) is 16.0 Å². The van der Waals surface area contributed by atoms with E-state index in [1.54, 1.807) is 17.5 Å². The van der Waals surface area contributed by atoms with Crippen LogP contribution in [-0.4, -0.2) is 9.97 Å². The van der Waals surface area contributed by atoms with Gasteiger partial charge in [0.1, 0.15) is 11.1 Å². The molecule has 4 heteroatoms. The molecule has 0 bridgehead atoms. The van der Waals surface area contributed by atoms with Crippen LogP contribution in [0.1, 0.15) is 17.5 Å². The average molecular weight is 215 g/mol. The number of pyridine rings is 1. The van der Waals surface area contributed by atoms with E-state index in [0.29, 0.717) is 5.69 Å². The lowest BCUT2D eigenvalue weighted by Crippen LogP contribution is -1.82. The van der Waals surface area contributed by atoms with Gasteiger partial charge < -0.3 is 0 Å². The second-order valence-electron chi connectivity index (χ2n) is 2.97. The van der Waals surface area contributed by atoms with Crippen LogP contribution in [0.2, 0.25) is 0 Å². The van der Waals surface area contributed by atoms with Gasteiger partial charge in [-0.1, -0.05) is 13.0 Å². The molecule has 0 aliphatic carbocycles. The van der Waals surface area contributed by atoms with Crippen molar-refractivity contribution in [1.82, 2.24) is 9.97 Å². The minimum absolute atomic E-state index is 0.531. The molecule has 2 aromatic rings. The summed E-state index contributed by atoms with van der Waals surface area (Å²) in [6.45, 7) is 2.02. The zero-order valence-electron chi connectivity index (χ0n) is 8.27. The molecule has 2 aromatic heterocycles. The van der Waals surface area contributed by atoms with Crippen molar-refractivity contribution in [1.29, 1.82) is 5.26 Å². The molecule has 0 aliphatic rings. The van der Waals surface area contributed by atoms with Gasteiger partial charge in [-0.15, -0.1) is 11.3 Å². The summed E-state index contributed by atoms with van der Waals surface area (Å²) in [5.74, 6) is 0. The Kier molecular flexibility index (Phi) is 2.75. The molecular formula is C11H9N3S. The van der Waals surface area contributed by atoms with Crippen LogP contribution in [0.4, 0.5) is 0 Å². The van der Waals surface area contributed by atoms with Crippen molar-refractivity contribution in [3.05, 3.63) is 35.0 Å². The maximum atomic E-state index is 8.88. The Labute approximate surface area is 92.1 Å². The van der Waals surface area contributed by atoms with Crippen molar-refractivity contribution in [2.75, 3.05) is 0 Å². The van der Waals surface area contributed by atoms with Crippen LogP contribution in [-0.2, 0) is 6.42 Å². The van der Waals surface area contributed by atoms with Crippen molar-refractivity contribution >= 4 is 11.3 Å². The molecule has 2 rings (SSSR count). The van der Waals surface area contributed by atoms with Crippen molar-refractivity contribution in [2.45, 2.75) is 13.3 Å². The largest absolute Gasteiger partial charge is 0.254 e. The summed E-state index contributed by atoms with van der Waals surface area (Å²) in [4.78, 5) is 9.50. The minimum atomic E-state index is 0.531. The third-order valence-corrected chi connectivity index (χ3v) is 3.23. The number of aryl methyl sites for hydroxylation is 1. The lowest BCUT2D eigenvalue weighted by atomic mass is 10.3. The minimum Gasteiger partial charge on any atom is -0.254 e. The van der Waals surface area contributed by atoms with Gasteiger partial charge in [0.2, 0.25) is 0 Å². The van der Waals surface area contributed by atoms with Gasteiger partial charge in [-0.2, -0.15) is 5.26 Å². The zero-order valence-corrected chi connectivity index (χ0v) is 9.08. The van der Waals surface area contributed by atoms with E-state index >= 15 is 0 Å². The Morgan fingerprint density at radius 2 is 2.33 bits per heavy atom. The van der Waals surface area contributed by atoms with E-state index in [1.807, 2.05) is 25.1 Å². The van der Waals surface area contributed by atoms with Gasteiger partial charge in [0, 0.05) is 11.1 Å². The molecular weight excluding hydrogens is 206 g/mol. The van der Waals surface area contributed by atoms with Crippen LogP contribution >= 0.6 is 11.3 Å². The molecule has 0 atom stereocenters. The molecule has 0 N–H and O–H groups in total. The number of thiazole rings is 1. The van der Waals surface area contributed by atoms with Crippen LogP contribution in [0.5, 0.6) is 0 Å². The fraction of sp³-hybridized carbons (Fsp3) is 0.182. The van der Waals surface area contributed by atoms with Gasteiger partial charge in [0.25, 0.3) is 0 Å². The van der Waals surface area contributed by atoms with Crippen LogP contribution in [0, 0.1) is 11.3 Å². The van der Waals surface area contributed by atoms with E-state index in [0.717, 1.165) is 22.0 Å². The first kappa shape index (κ1) is 9.81. The summed E-state index contributed by atoms with van der Waals surface area (Å²) in [6, 6.07) is 7.79. The Bertz CT molecular complexity index is 496. The second-order valence-corrected chi connectivity index (χ2v) is 4.05. The predicted molar refractivity (Wildman–Crippen MR) is 59.4 cm³/mol. The highest BCUT2D eigenvalue weighted by molar-refractivity contribution is 7.15.